The summed E-state index contributed by atoms with van der Waals surface area (Å²) >= 11 is 0. The van der Waals surface area contributed by atoms with Gasteiger partial charge in [-0.15, -0.1) is 0 Å². The van der Waals surface area contributed by atoms with Crippen molar-refractivity contribution < 1.29 is 9.18 Å². The number of urea groups is 1. The van der Waals surface area contributed by atoms with E-state index in [1.165, 1.54) is 12.1 Å². The van der Waals surface area contributed by atoms with E-state index in [1.54, 1.807) is 12.1 Å². The number of carbonyl (C=O) groups excluding carboxylic acids is 1. The lowest BCUT2D eigenvalue weighted by atomic mass is 10.0. The zero-order valence-corrected chi connectivity index (χ0v) is 21.3. The fourth-order valence-electron chi connectivity index (χ4n) is 5.24. The van der Waals surface area contributed by atoms with Crippen molar-refractivity contribution in [2.75, 3.05) is 5.32 Å². The third-order valence-corrected chi connectivity index (χ3v) is 7.14. The zero-order chi connectivity index (χ0) is 26.2. The van der Waals surface area contributed by atoms with E-state index in [1.807, 2.05) is 89.4 Å². The number of carbonyl (C=O) groups is 1. The van der Waals surface area contributed by atoms with Gasteiger partial charge in [0.1, 0.15) is 11.6 Å². The smallest absolute Gasteiger partial charge is 0.308 e. The van der Waals surface area contributed by atoms with Gasteiger partial charge in [-0.25, -0.2) is 13.9 Å². The standard InChI is InChI=1S/C31H28FN5O/c1-3-26-25-20-36(31(38)33-27-13-8-7-10-21(27)2)29(22-15-17-23(32)18-16-22)28-14-9-19-35(28)30(25)37(34-26)24-11-5-4-6-12-24/h4-19,29H,3,20H2,1-2H3,(H,33,38)/t29-/m1/s1. The van der Waals surface area contributed by atoms with Crippen LogP contribution in [0.1, 0.15) is 41.0 Å². The van der Waals surface area contributed by atoms with Crippen LogP contribution in [0.25, 0.3) is 11.5 Å². The number of nitrogens with zero attached hydrogens (tertiary/aromatic N) is 4. The summed E-state index contributed by atoms with van der Waals surface area (Å²) < 4.78 is 18.0. The highest BCUT2D eigenvalue weighted by molar-refractivity contribution is 5.91. The molecule has 38 heavy (non-hydrogen) atoms. The summed E-state index contributed by atoms with van der Waals surface area (Å²) in [4.78, 5) is 15.9. The van der Waals surface area contributed by atoms with Crippen LogP contribution in [0.3, 0.4) is 0 Å². The van der Waals surface area contributed by atoms with E-state index in [4.69, 9.17) is 5.10 Å². The zero-order valence-electron chi connectivity index (χ0n) is 21.3. The molecule has 1 atom stereocenters. The molecule has 0 radical (unpaired) electrons. The molecule has 0 unspecified atom stereocenters. The Morgan fingerprint density at radius 2 is 1.71 bits per heavy atom. The summed E-state index contributed by atoms with van der Waals surface area (Å²) in [6.45, 7) is 4.39. The van der Waals surface area contributed by atoms with Crippen LogP contribution < -0.4 is 5.32 Å². The van der Waals surface area contributed by atoms with E-state index in [-0.39, 0.29) is 11.8 Å². The van der Waals surface area contributed by atoms with Crippen molar-refractivity contribution in [3.05, 3.63) is 131 Å². The number of aromatic nitrogens is 3. The topological polar surface area (TPSA) is 55.1 Å². The SMILES string of the molecule is CCc1nn(-c2ccccc2)c2c1CN(C(=O)Nc1ccccc1C)[C@H](c1ccc(F)cc1)c1cccn1-2. The summed E-state index contributed by atoms with van der Waals surface area (Å²) in [6, 6.07) is 27.5. The van der Waals surface area contributed by atoms with Gasteiger partial charge in [-0.2, -0.15) is 5.10 Å². The number of amides is 2. The van der Waals surface area contributed by atoms with Crippen molar-refractivity contribution in [2.24, 2.45) is 0 Å². The van der Waals surface area contributed by atoms with Gasteiger partial charge in [0.05, 0.1) is 29.7 Å². The highest BCUT2D eigenvalue weighted by Gasteiger charge is 2.36. The van der Waals surface area contributed by atoms with Crippen LogP contribution in [-0.2, 0) is 13.0 Å². The van der Waals surface area contributed by atoms with Gasteiger partial charge in [0.25, 0.3) is 0 Å². The molecule has 1 N–H and O–H groups in total. The second-order valence-corrected chi connectivity index (χ2v) is 9.48. The van der Waals surface area contributed by atoms with E-state index in [0.29, 0.717) is 13.0 Å². The highest BCUT2D eigenvalue weighted by atomic mass is 19.1. The first kappa shape index (κ1) is 23.7. The Balaban J connectivity index is 1.56. The van der Waals surface area contributed by atoms with Gasteiger partial charge in [0.15, 0.2) is 0 Å². The number of fused-ring (bicyclic) bond motifs is 3. The van der Waals surface area contributed by atoms with Crippen LogP contribution in [-0.4, -0.2) is 25.3 Å². The monoisotopic (exact) mass is 505 g/mol. The van der Waals surface area contributed by atoms with Crippen LogP contribution in [0.5, 0.6) is 0 Å². The average Bonchev–Trinajstić information content (AvgIpc) is 3.52. The second kappa shape index (κ2) is 9.67. The van der Waals surface area contributed by atoms with Crippen LogP contribution >= 0.6 is 0 Å². The largest absolute Gasteiger partial charge is 0.322 e. The molecule has 1 aliphatic heterocycles. The molecule has 2 aromatic heterocycles. The predicted octanol–water partition coefficient (Wildman–Crippen LogP) is 6.81. The number of aryl methyl sites for hydroxylation is 2. The maximum atomic E-state index is 14.0. The van der Waals surface area contributed by atoms with Crippen molar-refractivity contribution in [3.63, 3.8) is 0 Å². The molecule has 3 heterocycles. The van der Waals surface area contributed by atoms with Gasteiger partial charge in [-0.1, -0.05) is 55.5 Å². The first-order chi connectivity index (χ1) is 18.5. The highest BCUT2D eigenvalue weighted by Crippen LogP contribution is 2.39. The first-order valence-electron chi connectivity index (χ1n) is 12.8. The number of rotatable bonds is 4. The van der Waals surface area contributed by atoms with Gasteiger partial charge in [0.2, 0.25) is 0 Å². The van der Waals surface area contributed by atoms with Gasteiger partial charge >= 0.3 is 6.03 Å². The lowest BCUT2D eigenvalue weighted by molar-refractivity contribution is 0.194. The molecule has 1 aliphatic rings. The van der Waals surface area contributed by atoms with Crippen LogP contribution in [0.15, 0.2) is 97.2 Å². The number of hydrogen-bond donors (Lipinski definition) is 1. The van der Waals surface area contributed by atoms with Crippen LogP contribution in [0.2, 0.25) is 0 Å². The minimum atomic E-state index is -0.448. The molecular formula is C31H28FN5O. The molecule has 3 aromatic carbocycles. The summed E-state index contributed by atoms with van der Waals surface area (Å²) in [6.07, 6.45) is 2.72. The number of anilines is 1. The minimum Gasteiger partial charge on any atom is -0.308 e. The summed E-state index contributed by atoms with van der Waals surface area (Å²) in [7, 11) is 0. The van der Waals surface area contributed by atoms with E-state index < -0.39 is 6.04 Å². The van der Waals surface area contributed by atoms with E-state index in [0.717, 1.165) is 45.3 Å². The van der Waals surface area contributed by atoms with E-state index in [2.05, 4.69) is 16.8 Å². The third kappa shape index (κ3) is 4.06. The second-order valence-electron chi connectivity index (χ2n) is 9.48. The predicted molar refractivity (Wildman–Crippen MR) is 146 cm³/mol. The molecule has 2 amide bonds. The number of hydrogen-bond acceptors (Lipinski definition) is 2. The van der Waals surface area contributed by atoms with E-state index in [9.17, 15) is 9.18 Å². The Hall–Kier alpha value is -4.65. The lowest BCUT2D eigenvalue weighted by Gasteiger charge is -2.31. The molecule has 6 rings (SSSR count). The molecule has 0 spiro atoms. The maximum absolute atomic E-state index is 14.0. The molecule has 0 fully saturated rings. The van der Waals surface area contributed by atoms with Crippen LogP contribution in [0.4, 0.5) is 14.9 Å². The molecule has 0 bridgehead atoms. The Morgan fingerprint density at radius 3 is 2.45 bits per heavy atom. The minimum absolute atomic E-state index is 0.233. The van der Waals surface area contributed by atoms with E-state index >= 15 is 0 Å². The maximum Gasteiger partial charge on any atom is 0.322 e. The average molecular weight is 506 g/mol. The number of para-hydroxylation sites is 2. The summed E-state index contributed by atoms with van der Waals surface area (Å²) in [5.41, 5.74) is 6.31. The van der Waals surface area contributed by atoms with Gasteiger partial charge in [-0.05, 0) is 66.9 Å². The summed E-state index contributed by atoms with van der Waals surface area (Å²) in [5.74, 6) is 0.594. The Kier molecular flexibility index (Phi) is 6.04. The number of nitrogens with one attached hydrogen (secondary N) is 1. The molecule has 190 valence electrons. The van der Waals surface area contributed by atoms with Crippen molar-refractivity contribution in [1.29, 1.82) is 0 Å². The quantitative estimate of drug-likeness (QED) is 0.292. The molecular weight excluding hydrogens is 477 g/mol. The van der Waals surface area contributed by atoms with Crippen molar-refractivity contribution in [2.45, 2.75) is 32.9 Å². The fourth-order valence-corrected chi connectivity index (χ4v) is 5.24. The molecule has 7 heteroatoms. The van der Waals surface area contributed by atoms with Crippen molar-refractivity contribution in [1.82, 2.24) is 19.2 Å². The van der Waals surface area contributed by atoms with Crippen molar-refractivity contribution in [3.8, 4) is 11.5 Å². The van der Waals surface area contributed by atoms with Crippen molar-refractivity contribution >= 4 is 11.7 Å². The normalized spacial score (nSPS) is 14.5. The molecule has 6 nitrogen and oxygen atoms in total. The Labute approximate surface area is 221 Å². The molecule has 0 saturated heterocycles. The Bertz CT molecular complexity index is 1600. The fraction of sp³-hybridized carbons (Fsp3) is 0.161. The molecule has 0 saturated carbocycles. The third-order valence-electron chi connectivity index (χ3n) is 7.14. The molecule has 0 aliphatic carbocycles. The van der Waals surface area contributed by atoms with Gasteiger partial charge in [0, 0.05) is 17.4 Å². The lowest BCUT2D eigenvalue weighted by Crippen LogP contribution is -2.38. The first-order valence-corrected chi connectivity index (χ1v) is 12.8. The van der Waals surface area contributed by atoms with Gasteiger partial charge in [-0.3, -0.25) is 0 Å². The van der Waals surface area contributed by atoms with Crippen LogP contribution in [0, 0.1) is 12.7 Å². The summed E-state index contributed by atoms with van der Waals surface area (Å²) in [5, 5.41) is 8.11. The van der Waals surface area contributed by atoms with Gasteiger partial charge < -0.3 is 14.8 Å². The molecule has 5 aromatic rings. The Morgan fingerprint density at radius 1 is 0.974 bits per heavy atom. The number of benzene rings is 3. The number of halogens is 1.